The van der Waals surface area contributed by atoms with Crippen LogP contribution in [0.5, 0.6) is 5.75 Å². The minimum atomic E-state index is 0.260. The molecule has 0 aliphatic rings. The predicted molar refractivity (Wildman–Crippen MR) is 78.2 cm³/mol. The van der Waals surface area contributed by atoms with E-state index in [0.717, 1.165) is 30.5 Å². The number of alkyl halides is 1. The molecule has 0 aromatic heterocycles. The highest BCUT2D eigenvalue weighted by Crippen LogP contribution is 2.30. The maximum Gasteiger partial charge on any atom is 0.122 e. The van der Waals surface area contributed by atoms with Crippen molar-refractivity contribution < 1.29 is 4.74 Å². The standard InChI is InChI=1S/C15H23BrO/c1-5-15(6-2,10-16)11-17-14-9-12(3)7-8-13(14)4/h7-9H,5-6,10-11H2,1-4H3. The Bertz CT molecular complexity index is 348. The number of aryl methyl sites for hydroxylation is 2. The molecule has 0 amide bonds. The molecule has 0 fully saturated rings. The van der Waals surface area contributed by atoms with Crippen molar-refractivity contribution in [1.29, 1.82) is 0 Å². The summed E-state index contributed by atoms with van der Waals surface area (Å²) in [7, 11) is 0. The van der Waals surface area contributed by atoms with Gasteiger partial charge in [0.25, 0.3) is 0 Å². The van der Waals surface area contributed by atoms with Crippen LogP contribution in [0.2, 0.25) is 0 Å². The molecule has 0 aliphatic carbocycles. The quantitative estimate of drug-likeness (QED) is 0.680. The Morgan fingerprint density at radius 2 is 1.82 bits per heavy atom. The van der Waals surface area contributed by atoms with Crippen molar-refractivity contribution in [3.8, 4) is 5.75 Å². The molecule has 0 bridgehead atoms. The number of hydrogen-bond acceptors (Lipinski definition) is 1. The first-order valence-electron chi connectivity index (χ1n) is 6.33. The third kappa shape index (κ3) is 3.74. The van der Waals surface area contributed by atoms with Gasteiger partial charge < -0.3 is 4.74 Å². The average Bonchev–Trinajstić information content (AvgIpc) is 2.35. The molecule has 1 aromatic carbocycles. The van der Waals surface area contributed by atoms with E-state index in [1.807, 2.05) is 0 Å². The molecular weight excluding hydrogens is 276 g/mol. The van der Waals surface area contributed by atoms with Crippen molar-refractivity contribution in [3.63, 3.8) is 0 Å². The van der Waals surface area contributed by atoms with Gasteiger partial charge >= 0.3 is 0 Å². The summed E-state index contributed by atoms with van der Waals surface area (Å²) in [6.45, 7) is 9.45. The summed E-state index contributed by atoms with van der Waals surface area (Å²) in [5.41, 5.74) is 2.73. The highest BCUT2D eigenvalue weighted by molar-refractivity contribution is 9.09. The summed E-state index contributed by atoms with van der Waals surface area (Å²) >= 11 is 3.62. The van der Waals surface area contributed by atoms with E-state index in [9.17, 15) is 0 Å². The van der Waals surface area contributed by atoms with Gasteiger partial charge in [-0.25, -0.2) is 0 Å². The van der Waals surface area contributed by atoms with Crippen LogP contribution < -0.4 is 4.74 Å². The zero-order valence-corrected chi connectivity index (χ0v) is 12.9. The van der Waals surface area contributed by atoms with Crippen LogP contribution in [0.3, 0.4) is 0 Å². The summed E-state index contributed by atoms with van der Waals surface area (Å²) in [6, 6.07) is 6.37. The van der Waals surface area contributed by atoms with Gasteiger partial charge in [0.05, 0.1) is 6.61 Å². The third-order valence-corrected chi connectivity index (χ3v) is 4.85. The van der Waals surface area contributed by atoms with Crippen molar-refractivity contribution in [2.45, 2.75) is 40.5 Å². The number of hydrogen-bond donors (Lipinski definition) is 0. The van der Waals surface area contributed by atoms with E-state index in [2.05, 4.69) is 61.8 Å². The van der Waals surface area contributed by atoms with Crippen molar-refractivity contribution >= 4 is 15.9 Å². The second kappa shape index (κ2) is 6.44. The second-order valence-corrected chi connectivity index (χ2v) is 5.46. The molecule has 96 valence electrons. The third-order valence-electron chi connectivity index (χ3n) is 3.66. The molecule has 0 unspecified atom stereocenters. The summed E-state index contributed by atoms with van der Waals surface area (Å²) in [5, 5.41) is 0.998. The molecule has 2 heteroatoms. The van der Waals surface area contributed by atoms with Crippen LogP contribution >= 0.6 is 15.9 Å². The number of ether oxygens (including phenoxy) is 1. The molecule has 0 saturated carbocycles. The Morgan fingerprint density at radius 1 is 1.18 bits per heavy atom. The summed E-state index contributed by atoms with van der Waals surface area (Å²) in [4.78, 5) is 0. The smallest absolute Gasteiger partial charge is 0.122 e. The van der Waals surface area contributed by atoms with E-state index in [0.29, 0.717) is 0 Å². The Kier molecular flexibility index (Phi) is 5.51. The minimum absolute atomic E-state index is 0.260. The van der Waals surface area contributed by atoms with Gasteiger partial charge in [-0.1, -0.05) is 41.9 Å². The SMILES string of the molecule is CCC(CC)(CBr)COc1cc(C)ccc1C. The van der Waals surface area contributed by atoms with Crippen LogP contribution in [0.15, 0.2) is 18.2 Å². The second-order valence-electron chi connectivity index (χ2n) is 4.90. The Labute approximate surface area is 114 Å². The monoisotopic (exact) mass is 298 g/mol. The van der Waals surface area contributed by atoms with Crippen LogP contribution in [-0.4, -0.2) is 11.9 Å². The van der Waals surface area contributed by atoms with Crippen LogP contribution in [0.1, 0.15) is 37.8 Å². The number of rotatable bonds is 6. The molecule has 0 N–H and O–H groups in total. The van der Waals surface area contributed by atoms with Crippen LogP contribution in [0.4, 0.5) is 0 Å². The number of benzene rings is 1. The van der Waals surface area contributed by atoms with Crippen LogP contribution in [-0.2, 0) is 0 Å². The van der Waals surface area contributed by atoms with Gasteiger partial charge in [-0.3, -0.25) is 0 Å². The molecular formula is C15H23BrO. The van der Waals surface area contributed by atoms with Gasteiger partial charge in [0.15, 0.2) is 0 Å². The number of halogens is 1. The molecule has 1 aromatic rings. The summed E-state index contributed by atoms with van der Waals surface area (Å²) in [5.74, 6) is 1.03. The molecule has 1 nitrogen and oxygen atoms in total. The molecule has 0 radical (unpaired) electrons. The van der Waals surface area contributed by atoms with Gasteiger partial charge in [0.1, 0.15) is 5.75 Å². The molecule has 0 atom stereocenters. The molecule has 1 rings (SSSR count). The zero-order valence-electron chi connectivity index (χ0n) is 11.3. The van der Waals surface area contributed by atoms with E-state index >= 15 is 0 Å². The first-order chi connectivity index (χ1) is 8.06. The van der Waals surface area contributed by atoms with Crippen molar-refractivity contribution in [3.05, 3.63) is 29.3 Å². The van der Waals surface area contributed by atoms with E-state index in [-0.39, 0.29) is 5.41 Å². The van der Waals surface area contributed by atoms with Crippen molar-refractivity contribution in [1.82, 2.24) is 0 Å². The van der Waals surface area contributed by atoms with Crippen LogP contribution in [0, 0.1) is 19.3 Å². The fourth-order valence-corrected chi connectivity index (χ4v) is 2.73. The van der Waals surface area contributed by atoms with Gasteiger partial charge in [0.2, 0.25) is 0 Å². The molecule has 0 aliphatic heterocycles. The largest absolute Gasteiger partial charge is 0.493 e. The molecule has 17 heavy (non-hydrogen) atoms. The topological polar surface area (TPSA) is 9.23 Å². The molecule has 0 saturated heterocycles. The average molecular weight is 299 g/mol. The highest BCUT2D eigenvalue weighted by atomic mass is 79.9. The summed E-state index contributed by atoms with van der Waals surface area (Å²) < 4.78 is 6.03. The van der Waals surface area contributed by atoms with Gasteiger partial charge in [0, 0.05) is 10.7 Å². The van der Waals surface area contributed by atoms with Gasteiger partial charge in [-0.05, 0) is 43.9 Å². The normalized spacial score (nSPS) is 11.6. The Morgan fingerprint density at radius 3 is 2.35 bits per heavy atom. The van der Waals surface area contributed by atoms with E-state index in [4.69, 9.17) is 4.74 Å². The van der Waals surface area contributed by atoms with Crippen molar-refractivity contribution in [2.24, 2.45) is 5.41 Å². The lowest BCUT2D eigenvalue weighted by molar-refractivity contribution is 0.157. The zero-order chi connectivity index (χ0) is 12.9. The molecule has 0 heterocycles. The van der Waals surface area contributed by atoms with Gasteiger partial charge in [-0.2, -0.15) is 0 Å². The lowest BCUT2D eigenvalue weighted by Crippen LogP contribution is -2.29. The Balaban J connectivity index is 2.75. The first-order valence-corrected chi connectivity index (χ1v) is 7.45. The maximum atomic E-state index is 6.03. The Hall–Kier alpha value is -0.500. The van der Waals surface area contributed by atoms with E-state index in [1.54, 1.807) is 0 Å². The van der Waals surface area contributed by atoms with Gasteiger partial charge in [-0.15, -0.1) is 0 Å². The first kappa shape index (κ1) is 14.6. The molecule has 0 spiro atoms. The van der Waals surface area contributed by atoms with Crippen molar-refractivity contribution in [2.75, 3.05) is 11.9 Å². The van der Waals surface area contributed by atoms with E-state index in [1.165, 1.54) is 11.1 Å². The fourth-order valence-electron chi connectivity index (χ4n) is 1.78. The fraction of sp³-hybridized carbons (Fsp3) is 0.600. The van der Waals surface area contributed by atoms with E-state index < -0.39 is 0 Å². The highest BCUT2D eigenvalue weighted by Gasteiger charge is 2.25. The van der Waals surface area contributed by atoms with Crippen LogP contribution in [0.25, 0.3) is 0 Å². The lowest BCUT2D eigenvalue weighted by atomic mass is 9.86. The maximum absolute atomic E-state index is 6.03. The summed E-state index contributed by atoms with van der Waals surface area (Å²) in [6.07, 6.45) is 2.28. The minimum Gasteiger partial charge on any atom is -0.493 e. The lowest BCUT2D eigenvalue weighted by Gasteiger charge is -2.29. The predicted octanol–water partition coefficient (Wildman–Crippen LogP) is 4.88.